The predicted octanol–water partition coefficient (Wildman–Crippen LogP) is 5.12. The molecule has 3 aromatic rings. The maximum Gasteiger partial charge on any atom is 0.259 e. The average Bonchev–Trinajstić information content (AvgIpc) is 3.01. The summed E-state index contributed by atoms with van der Waals surface area (Å²) >= 11 is 0. The molecule has 2 amide bonds. The van der Waals surface area contributed by atoms with Crippen LogP contribution in [0.4, 0.5) is 5.69 Å². The van der Waals surface area contributed by atoms with E-state index in [0.717, 1.165) is 38.9 Å². The van der Waals surface area contributed by atoms with Crippen LogP contribution in [0.2, 0.25) is 0 Å². The number of ether oxygens (including phenoxy) is 1. The number of nitrogens with one attached hydrogen (secondary N) is 1. The molecule has 5 nitrogen and oxygen atoms in total. The molecular weight excluding hydrogens is 388 g/mol. The molecule has 0 saturated heterocycles. The van der Waals surface area contributed by atoms with E-state index in [4.69, 9.17) is 4.74 Å². The van der Waals surface area contributed by atoms with Crippen LogP contribution in [-0.4, -0.2) is 25.5 Å². The third-order valence-electron chi connectivity index (χ3n) is 6.04. The Morgan fingerprint density at radius 3 is 2.45 bits per heavy atom. The smallest absolute Gasteiger partial charge is 0.259 e. The van der Waals surface area contributed by atoms with Gasteiger partial charge in [0.2, 0.25) is 5.91 Å². The van der Waals surface area contributed by atoms with Gasteiger partial charge in [-0.15, -0.1) is 0 Å². The summed E-state index contributed by atoms with van der Waals surface area (Å²) in [6, 6.07) is 15.4. The largest absolute Gasteiger partial charge is 0.496 e. The van der Waals surface area contributed by atoms with Crippen molar-refractivity contribution in [1.82, 2.24) is 5.32 Å². The number of methoxy groups -OCH3 is 1. The Kier molecular flexibility index (Phi) is 5.44. The zero-order valence-electron chi connectivity index (χ0n) is 18.7. The molecule has 0 saturated carbocycles. The van der Waals surface area contributed by atoms with Crippen molar-refractivity contribution in [1.29, 1.82) is 0 Å². The highest BCUT2D eigenvalue weighted by molar-refractivity contribution is 6.26. The van der Waals surface area contributed by atoms with Gasteiger partial charge in [0, 0.05) is 10.9 Å². The Labute approximate surface area is 183 Å². The molecule has 160 valence electrons. The van der Waals surface area contributed by atoms with Gasteiger partial charge in [0.1, 0.15) is 12.3 Å². The molecule has 0 aliphatic carbocycles. The molecule has 1 heterocycles. The average molecular weight is 417 g/mol. The van der Waals surface area contributed by atoms with Crippen LogP contribution in [0.25, 0.3) is 10.8 Å². The number of anilines is 1. The van der Waals surface area contributed by atoms with Gasteiger partial charge in [0.15, 0.2) is 0 Å². The lowest BCUT2D eigenvalue weighted by molar-refractivity contribution is -0.120. The molecule has 5 heteroatoms. The fourth-order valence-electron chi connectivity index (χ4n) is 4.45. The summed E-state index contributed by atoms with van der Waals surface area (Å²) in [5.74, 6) is 0.853. The van der Waals surface area contributed by atoms with Gasteiger partial charge in [-0.05, 0) is 66.1 Å². The molecular formula is C26H28N2O3. The molecule has 0 fully saturated rings. The number of carbonyl (C=O) groups excluding carboxylic acids is 2. The van der Waals surface area contributed by atoms with Crippen molar-refractivity contribution in [3.05, 3.63) is 70.8 Å². The lowest BCUT2D eigenvalue weighted by atomic mass is 9.93. The summed E-state index contributed by atoms with van der Waals surface area (Å²) in [5, 5.41) is 5.00. The quantitative estimate of drug-likeness (QED) is 0.607. The molecule has 0 spiro atoms. The summed E-state index contributed by atoms with van der Waals surface area (Å²) in [6.45, 7) is 8.22. The summed E-state index contributed by atoms with van der Waals surface area (Å²) in [7, 11) is 1.68. The van der Waals surface area contributed by atoms with Crippen LogP contribution < -0.4 is 15.0 Å². The predicted molar refractivity (Wildman–Crippen MR) is 124 cm³/mol. The molecule has 0 aromatic heterocycles. The van der Waals surface area contributed by atoms with E-state index in [0.29, 0.717) is 11.5 Å². The van der Waals surface area contributed by atoms with Crippen molar-refractivity contribution in [2.75, 3.05) is 18.6 Å². The number of amides is 2. The highest BCUT2D eigenvalue weighted by Crippen LogP contribution is 2.37. The zero-order chi connectivity index (χ0) is 22.3. The van der Waals surface area contributed by atoms with Gasteiger partial charge in [-0.2, -0.15) is 0 Å². The van der Waals surface area contributed by atoms with Gasteiger partial charge in [0.05, 0.1) is 18.8 Å². The number of aryl methyl sites for hydroxylation is 1. The van der Waals surface area contributed by atoms with Crippen LogP contribution in [0.3, 0.4) is 0 Å². The number of rotatable bonds is 6. The summed E-state index contributed by atoms with van der Waals surface area (Å²) < 4.78 is 5.53. The van der Waals surface area contributed by atoms with Crippen LogP contribution in [-0.2, 0) is 4.79 Å². The molecule has 1 N–H and O–H groups in total. The minimum Gasteiger partial charge on any atom is -0.496 e. The standard InChI is InChI=1S/C26H28N2O3/c1-15(2)20-13-21(16(3)12-23(20)31-5)17(4)27-24(29)14-28-22-11-7-9-18-8-6-10-19(25(18)22)26(28)30/h6-13,15,17H,14H2,1-5H3,(H,27,29). The first-order valence-electron chi connectivity index (χ1n) is 10.6. The van der Waals surface area contributed by atoms with Crippen LogP contribution in [0.5, 0.6) is 5.75 Å². The highest BCUT2D eigenvalue weighted by atomic mass is 16.5. The van der Waals surface area contributed by atoms with Crippen LogP contribution in [0, 0.1) is 6.92 Å². The number of carbonyl (C=O) groups is 2. The van der Waals surface area contributed by atoms with Gasteiger partial charge in [-0.25, -0.2) is 0 Å². The maximum absolute atomic E-state index is 12.9. The highest BCUT2D eigenvalue weighted by Gasteiger charge is 2.31. The number of hydrogen-bond donors (Lipinski definition) is 1. The molecule has 3 aromatic carbocycles. The minimum atomic E-state index is -0.188. The third-order valence-corrected chi connectivity index (χ3v) is 6.04. The Hall–Kier alpha value is -3.34. The van der Waals surface area contributed by atoms with Gasteiger partial charge < -0.3 is 10.1 Å². The van der Waals surface area contributed by atoms with Gasteiger partial charge >= 0.3 is 0 Å². The maximum atomic E-state index is 12.9. The summed E-state index contributed by atoms with van der Waals surface area (Å²) in [5.41, 5.74) is 4.67. The van der Waals surface area contributed by atoms with Gasteiger partial charge in [-0.3, -0.25) is 14.5 Å². The Morgan fingerprint density at radius 1 is 1.06 bits per heavy atom. The molecule has 1 aliphatic rings. The fraction of sp³-hybridized carbons (Fsp3) is 0.308. The molecule has 1 aliphatic heterocycles. The number of benzene rings is 3. The van der Waals surface area contributed by atoms with Crippen molar-refractivity contribution in [3.8, 4) is 5.75 Å². The van der Waals surface area contributed by atoms with Crippen LogP contribution in [0.15, 0.2) is 48.5 Å². The second-order valence-electron chi connectivity index (χ2n) is 8.47. The topological polar surface area (TPSA) is 58.6 Å². The van der Waals surface area contributed by atoms with Gasteiger partial charge in [0.25, 0.3) is 5.91 Å². The van der Waals surface area contributed by atoms with E-state index >= 15 is 0 Å². The van der Waals surface area contributed by atoms with Crippen LogP contribution >= 0.6 is 0 Å². The molecule has 4 rings (SSSR count). The van der Waals surface area contributed by atoms with Crippen molar-refractivity contribution < 1.29 is 14.3 Å². The van der Waals surface area contributed by atoms with Crippen molar-refractivity contribution in [2.24, 2.45) is 0 Å². The minimum absolute atomic E-state index is 0.0107. The molecule has 0 radical (unpaired) electrons. The van der Waals surface area contributed by atoms with Crippen molar-refractivity contribution >= 4 is 28.3 Å². The normalized spacial score (nSPS) is 13.7. The SMILES string of the molecule is COc1cc(C)c(C(C)NC(=O)CN2C(=O)c3cccc4cccc2c34)cc1C(C)C. The van der Waals surface area contributed by atoms with Crippen molar-refractivity contribution in [3.63, 3.8) is 0 Å². The van der Waals surface area contributed by atoms with Crippen molar-refractivity contribution in [2.45, 2.75) is 39.7 Å². The molecule has 0 bridgehead atoms. The van der Waals surface area contributed by atoms with E-state index in [1.165, 1.54) is 0 Å². The Balaban J connectivity index is 1.55. The van der Waals surface area contributed by atoms with Crippen LogP contribution in [0.1, 0.15) is 59.8 Å². The lowest BCUT2D eigenvalue weighted by Crippen LogP contribution is -2.40. The van der Waals surface area contributed by atoms with E-state index < -0.39 is 0 Å². The number of hydrogen-bond acceptors (Lipinski definition) is 3. The molecule has 1 unspecified atom stereocenters. The summed E-state index contributed by atoms with van der Waals surface area (Å²) in [4.78, 5) is 27.4. The lowest BCUT2D eigenvalue weighted by Gasteiger charge is -2.23. The first-order chi connectivity index (χ1) is 14.8. The monoisotopic (exact) mass is 416 g/mol. The van der Waals surface area contributed by atoms with Gasteiger partial charge in [-0.1, -0.05) is 38.1 Å². The van der Waals surface area contributed by atoms with E-state index in [1.807, 2.05) is 56.3 Å². The first-order valence-corrected chi connectivity index (χ1v) is 10.6. The van der Waals surface area contributed by atoms with E-state index in [2.05, 4.69) is 25.2 Å². The number of nitrogens with zero attached hydrogens (tertiary/aromatic N) is 1. The molecule has 1 atom stereocenters. The Morgan fingerprint density at radius 2 is 1.77 bits per heavy atom. The van der Waals surface area contributed by atoms with E-state index in [-0.39, 0.29) is 24.4 Å². The van der Waals surface area contributed by atoms with E-state index in [1.54, 1.807) is 12.0 Å². The zero-order valence-corrected chi connectivity index (χ0v) is 18.7. The third kappa shape index (κ3) is 3.65. The first kappa shape index (κ1) is 20.9. The Bertz CT molecular complexity index is 1180. The fourth-order valence-corrected chi connectivity index (χ4v) is 4.45. The summed E-state index contributed by atoms with van der Waals surface area (Å²) in [6.07, 6.45) is 0. The second kappa shape index (κ2) is 8.06. The second-order valence-corrected chi connectivity index (χ2v) is 8.47. The molecule has 31 heavy (non-hydrogen) atoms. The van der Waals surface area contributed by atoms with E-state index in [9.17, 15) is 9.59 Å².